The molecule has 3 N–H and O–H groups in total. The topological polar surface area (TPSA) is 64.3 Å². The number of hydrogen-bond donors (Lipinski definition) is 2. The largest absolute Gasteiger partial charge is 0.399 e. The number of rotatable bonds is 6. The maximum absolute atomic E-state index is 12.4. The number of benzene rings is 1. The molecule has 0 unspecified atom stereocenters. The Morgan fingerprint density at radius 1 is 1.36 bits per heavy atom. The van der Waals surface area contributed by atoms with Crippen LogP contribution in [0.2, 0.25) is 0 Å². The first-order chi connectivity index (χ1) is 10.1. The van der Waals surface area contributed by atoms with Gasteiger partial charge in [0.05, 0.1) is 0 Å². The number of carbonyl (C=O) groups excluding carboxylic acids is 1. The molecule has 1 aromatic carbocycles. The van der Waals surface area contributed by atoms with Crippen molar-refractivity contribution in [3.05, 3.63) is 29.3 Å². The number of nitrogens with one attached hydrogen (secondary N) is 1. The summed E-state index contributed by atoms with van der Waals surface area (Å²) < 4.78 is 5.23. The van der Waals surface area contributed by atoms with Crippen LogP contribution in [0.5, 0.6) is 0 Å². The van der Waals surface area contributed by atoms with Crippen LogP contribution in [0.4, 0.5) is 5.69 Å². The number of nitrogen functional groups attached to an aromatic ring is 1. The average Bonchev–Trinajstić information content (AvgIpc) is 2.94. The van der Waals surface area contributed by atoms with Crippen LogP contribution in [0.3, 0.4) is 0 Å². The Morgan fingerprint density at radius 2 is 2.05 bits per heavy atom. The van der Waals surface area contributed by atoms with Gasteiger partial charge in [0.2, 0.25) is 0 Å². The van der Waals surface area contributed by atoms with Gasteiger partial charge in [0.15, 0.2) is 0 Å². The molecule has 124 valence electrons. The van der Waals surface area contributed by atoms with Gasteiger partial charge < -0.3 is 15.8 Å². The van der Waals surface area contributed by atoms with Crippen molar-refractivity contribution in [2.24, 2.45) is 5.41 Å². The molecule has 5 heteroatoms. The van der Waals surface area contributed by atoms with Crippen molar-refractivity contribution < 1.29 is 9.53 Å². The number of nitrogens with two attached hydrogens (primary N) is 1. The van der Waals surface area contributed by atoms with Crippen molar-refractivity contribution in [1.29, 1.82) is 0 Å². The maximum Gasteiger partial charge on any atom is 0.251 e. The van der Waals surface area contributed by atoms with Crippen molar-refractivity contribution in [2.75, 3.05) is 26.0 Å². The number of anilines is 1. The first-order valence-corrected chi connectivity index (χ1v) is 7.70. The minimum absolute atomic E-state index is 0. The van der Waals surface area contributed by atoms with Gasteiger partial charge in [0.1, 0.15) is 0 Å². The highest BCUT2D eigenvalue weighted by Crippen LogP contribution is 2.40. The fraction of sp³-hybridized carbons (Fsp3) is 0.588. The normalized spacial score (nSPS) is 16.1. The summed E-state index contributed by atoms with van der Waals surface area (Å²) in [7, 11) is 1.73. The Kier molecular flexibility index (Phi) is 7.17. The molecule has 22 heavy (non-hydrogen) atoms. The molecule has 0 radical (unpaired) electrons. The van der Waals surface area contributed by atoms with Gasteiger partial charge in [-0.3, -0.25) is 4.79 Å². The average molecular weight is 327 g/mol. The van der Waals surface area contributed by atoms with Crippen LogP contribution in [-0.2, 0) is 4.74 Å². The summed E-state index contributed by atoms with van der Waals surface area (Å²) in [6, 6.07) is 5.46. The minimum atomic E-state index is -0.0245. The van der Waals surface area contributed by atoms with Crippen LogP contribution in [0.15, 0.2) is 18.2 Å². The summed E-state index contributed by atoms with van der Waals surface area (Å²) in [5.41, 5.74) is 8.25. The predicted octanol–water partition coefficient (Wildman–Crippen LogP) is 3.33. The SMILES string of the molecule is COCCC1(CNC(=O)c2cc(N)ccc2C)CCCC1.Cl. The standard InChI is InChI=1S/C17H26N2O2.ClH/c1-13-5-6-14(18)11-15(13)16(20)19-12-17(9-10-21-2)7-3-4-8-17;/h5-6,11H,3-4,7-10,12,18H2,1-2H3,(H,19,20);1H. The van der Waals surface area contributed by atoms with Crippen molar-refractivity contribution >= 4 is 24.0 Å². The van der Waals surface area contributed by atoms with Crippen molar-refractivity contribution in [2.45, 2.75) is 39.0 Å². The zero-order valence-corrected chi connectivity index (χ0v) is 14.3. The number of carbonyl (C=O) groups is 1. The van der Waals surface area contributed by atoms with E-state index in [0.29, 0.717) is 11.3 Å². The van der Waals surface area contributed by atoms with Gasteiger partial charge in [0.25, 0.3) is 5.91 Å². The maximum atomic E-state index is 12.4. The van der Waals surface area contributed by atoms with Crippen LogP contribution in [0.1, 0.15) is 48.0 Å². The lowest BCUT2D eigenvalue weighted by Crippen LogP contribution is -2.37. The molecular formula is C17H27ClN2O2. The fourth-order valence-electron chi connectivity index (χ4n) is 3.21. The van der Waals surface area contributed by atoms with E-state index in [4.69, 9.17) is 10.5 Å². The van der Waals surface area contributed by atoms with Gasteiger partial charge in [-0.05, 0) is 49.3 Å². The molecule has 0 spiro atoms. The first-order valence-electron chi connectivity index (χ1n) is 7.70. The number of aryl methyl sites for hydroxylation is 1. The van der Waals surface area contributed by atoms with Crippen LogP contribution in [0, 0.1) is 12.3 Å². The Balaban J connectivity index is 0.00000242. The Morgan fingerprint density at radius 3 is 2.68 bits per heavy atom. The lowest BCUT2D eigenvalue weighted by atomic mass is 9.83. The smallest absolute Gasteiger partial charge is 0.251 e. The molecule has 4 nitrogen and oxygen atoms in total. The fourth-order valence-corrected chi connectivity index (χ4v) is 3.21. The Labute approximate surface area is 139 Å². The highest BCUT2D eigenvalue weighted by Gasteiger charge is 2.33. The number of methoxy groups -OCH3 is 1. The molecule has 1 amide bonds. The third-order valence-corrected chi connectivity index (χ3v) is 4.63. The zero-order chi connectivity index (χ0) is 15.3. The Hall–Kier alpha value is -1.26. The first kappa shape index (κ1) is 18.8. The highest BCUT2D eigenvalue weighted by atomic mass is 35.5. The highest BCUT2D eigenvalue weighted by molar-refractivity contribution is 5.96. The van der Waals surface area contributed by atoms with E-state index in [2.05, 4.69) is 5.32 Å². The van der Waals surface area contributed by atoms with Crippen molar-refractivity contribution in [3.63, 3.8) is 0 Å². The monoisotopic (exact) mass is 326 g/mol. The quantitative estimate of drug-likeness (QED) is 0.788. The number of amides is 1. The van der Waals surface area contributed by atoms with E-state index in [9.17, 15) is 4.79 Å². The summed E-state index contributed by atoms with van der Waals surface area (Å²) in [6.45, 7) is 3.42. The van der Waals surface area contributed by atoms with E-state index in [0.717, 1.165) is 25.1 Å². The van der Waals surface area contributed by atoms with Crippen LogP contribution >= 0.6 is 12.4 Å². The number of halogens is 1. The van der Waals surface area contributed by atoms with Crippen LogP contribution in [-0.4, -0.2) is 26.2 Å². The molecule has 2 rings (SSSR count). The van der Waals surface area contributed by atoms with Gasteiger partial charge in [0, 0.05) is 31.5 Å². The molecule has 1 saturated carbocycles. The molecule has 0 aromatic heterocycles. The van der Waals surface area contributed by atoms with E-state index in [1.165, 1.54) is 25.7 Å². The predicted molar refractivity (Wildman–Crippen MR) is 92.6 cm³/mol. The number of ether oxygens (including phenoxy) is 1. The van der Waals surface area contributed by atoms with E-state index >= 15 is 0 Å². The van der Waals surface area contributed by atoms with Crippen LogP contribution in [0.25, 0.3) is 0 Å². The second-order valence-electron chi connectivity index (χ2n) is 6.21. The molecule has 1 aliphatic rings. The summed E-state index contributed by atoms with van der Waals surface area (Å²) in [4.78, 5) is 12.4. The lowest BCUT2D eigenvalue weighted by Gasteiger charge is -2.29. The Bertz CT molecular complexity index is 499. The van der Waals surface area contributed by atoms with E-state index < -0.39 is 0 Å². The molecule has 0 saturated heterocycles. The summed E-state index contributed by atoms with van der Waals surface area (Å²) in [6.07, 6.45) is 5.85. The summed E-state index contributed by atoms with van der Waals surface area (Å²) >= 11 is 0. The molecular weight excluding hydrogens is 300 g/mol. The van der Waals surface area contributed by atoms with Gasteiger partial charge in [-0.1, -0.05) is 18.9 Å². The molecule has 1 aliphatic carbocycles. The van der Waals surface area contributed by atoms with Crippen LogP contribution < -0.4 is 11.1 Å². The second kappa shape index (κ2) is 8.39. The zero-order valence-electron chi connectivity index (χ0n) is 13.5. The molecule has 1 aromatic rings. The van der Waals surface area contributed by atoms with Gasteiger partial charge in [-0.25, -0.2) is 0 Å². The van der Waals surface area contributed by atoms with Gasteiger partial charge >= 0.3 is 0 Å². The molecule has 0 heterocycles. The third kappa shape index (κ3) is 4.62. The van der Waals surface area contributed by atoms with Gasteiger partial charge in [-0.2, -0.15) is 0 Å². The molecule has 1 fully saturated rings. The van der Waals surface area contributed by atoms with E-state index in [1.54, 1.807) is 13.2 Å². The lowest BCUT2D eigenvalue weighted by molar-refractivity contribution is 0.0903. The number of hydrogen-bond acceptors (Lipinski definition) is 3. The minimum Gasteiger partial charge on any atom is -0.399 e. The molecule has 0 aliphatic heterocycles. The second-order valence-corrected chi connectivity index (χ2v) is 6.21. The van der Waals surface area contributed by atoms with E-state index in [1.807, 2.05) is 19.1 Å². The molecule has 0 atom stereocenters. The van der Waals surface area contributed by atoms with Gasteiger partial charge in [-0.15, -0.1) is 12.4 Å². The summed E-state index contributed by atoms with van der Waals surface area (Å²) in [5.74, 6) is -0.0245. The van der Waals surface area contributed by atoms with Crippen molar-refractivity contribution in [1.82, 2.24) is 5.32 Å². The molecule has 0 bridgehead atoms. The summed E-state index contributed by atoms with van der Waals surface area (Å²) in [5, 5.41) is 3.11. The third-order valence-electron chi connectivity index (χ3n) is 4.63. The van der Waals surface area contributed by atoms with Crippen molar-refractivity contribution in [3.8, 4) is 0 Å². The van der Waals surface area contributed by atoms with E-state index in [-0.39, 0.29) is 23.7 Å².